The van der Waals surface area contributed by atoms with E-state index in [4.69, 9.17) is 8.92 Å². The quantitative estimate of drug-likeness (QED) is 0.768. The summed E-state index contributed by atoms with van der Waals surface area (Å²) in [5, 5.41) is 0. The van der Waals surface area contributed by atoms with Gasteiger partial charge in [-0.1, -0.05) is 6.07 Å². The molecule has 0 radical (unpaired) electrons. The average Bonchev–Trinajstić information content (AvgIpc) is 2.91. The molecule has 0 fully saturated rings. The van der Waals surface area contributed by atoms with Crippen molar-refractivity contribution < 1.29 is 22.1 Å². The summed E-state index contributed by atoms with van der Waals surface area (Å²) in [5.74, 6) is 0.427. The summed E-state index contributed by atoms with van der Waals surface area (Å²) in [5.41, 5.74) is 2.49. The standard InChI is InChI=1S/C19H21NO5S/c1-12-5-8-18(19(9-12)24-4)25-26(22,23)16-6-7-17-15(11-16)10-13(2)20(17)14(3)21/h5-9,11,13H,10H2,1-4H3. The van der Waals surface area contributed by atoms with Gasteiger partial charge in [-0.3, -0.25) is 4.79 Å². The van der Waals surface area contributed by atoms with E-state index in [-0.39, 0.29) is 22.6 Å². The third kappa shape index (κ3) is 3.26. The van der Waals surface area contributed by atoms with Gasteiger partial charge in [0.2, 0.25) is 5.91 Å². The summed E-state index contributed by atoms with van der Waals surface area (Å²) < 4.78 is 35.9. The maximum Gasteiger partial charge on any atom is 0.339 e. The maximum absolute atomic E-state index is 12.7. The summed E-state index contributed by atoms with van der Waals surface area (Å²) in [6.45, 7) is 5.31. The highest BCUT2D eigenvalue weighted by Gasteiger charge is 2.30. The van der Waals surface area contributed by atoms with Crippen LogP contribution in [0.4, 0.5) is 5.69 Å². The summed E-state index contributed by atoms with van der Waals surface area (Å²) in [6.07, 6.45) is 0.603. The first kappa shape index (κ1) is 18.3. The van der Waals surface area contributed by atoms with Gasteiger partial charge in [0, 0.05) is 18.7 Å². The monoisotopic (exact) mass is 375 g/mol. The smallest absolute Gasteiger partial charge is 0.339 e. The number of methoxy groups -OCH3 is 1. The molecule has 0 saturated carbocycles. The Balaban J connectivity index is 1.95. The predicted octanol–water partition coefficient (Wildman–Crippen LogP) is 3.07. The number of hydrogen-bond acceptors (Lipinski definition) is 5. The molecule has 1 amide bonds. The molecule has 1 aliphatic heterocycles. The van der Waals surface area contributed by atoms with Crippen LogP contribution in [-0.2, 0) is 21.3 Å². The van der Waals surface area contributed by atoms with Gasteiger partial charge in [-0.05, 0) is 61.7 Å². The van der Waals surface area contributed by atoms with E-state index < -0.39 is 10.1 Å². The number of aryl methyl sites for hydroxylation is 1. The van der Waals surface area contributed by atoms with E-state index in [0.717, 1.165) is 16.8 Å². The molecular weight excluding hydrogens is 354 g/mol. The van der Waals surface area contributed by atoms with Crippen LogP contribution in [0.1, 0.15) is 25.0 Å². The third-order valence-corrected chi connectivity index (χ3v) is 5.64. The highest BCUT2D eigenvalue weighted by molar-refractivity contribution is 7.87. The fourth-order valence-corrected chi connectivity index (χ4v) is 4.24. The average molecular weight is 375 g/mol. The lowest BCUT2D eigenvalue weighted by Crippen LogP contribution is -2.33. The predicted molar refractivity (Wildman–Crippen MR) is 98.3 cm³/mol. The van der Waals surface area contributed by atoms with Gasteiger partial charge in [0.05, 0.1) is 7.11 Å². The molecule has 1 unspecified atom stereocenters. The lowest BCUT2D eigenvalue weighted by molar-refractivity contribution is -0.116. The van der Waals surface area contributed by atoms with Gasteiger partial charge in [0.15, 0.2) is 11.5 Å². The molecule has 1 heterocycles. The number of rotatable bonds is 4. The van der Waals surface area contributed by atoms with Crippen molar-refractivity contribution in [2.24, 2.45) is 0 Å². The van der Waals surface area contributed by atoms with Crippen molar-refractivity contribution in [1.29, 1.82) is 0 Å². The van der Waals surface area contributed by atoms with E-state index in [1.807, 2.05) is 13.8 Å². The van der Waals surface area contributed by atoms with Crippen molar-refractivity contribution in [3.63, 3.8) is 0 Å². The Labute approximate surface area is 153 Å². The number of fused-ring (bicyclic) bond motifs is 1. The summed E-state index contributed by atoms with van der Waals surface area (Å²) in [4.78, 5) is 13.5. The zero-order valence-corrected chi connectivity index (χ0v) is 16.0. The Bertz CT molecular complexity index is 968. The number of carbonyl (C=O) groups is 1. The highest BCUT2D eigenvalue weighted by atomic mass is 32.2. The molecule has 3 rings (SSSR count). The van der Waals surface area contributed by atoms with Gasteiger partial charge in [0.25, 0.3) is 0 Å². The first-order chi connectivity index (χ1) is 12.2. The van der Waals surface area contributed by atoms with E-state index in [1.54, 1.807) is 35.2 Å². The van der Waals surface area contributed by atoms with Crippen LogP contribution in [0, 0.1) is 6.92 Å². The second kappa shape index (κ2) is 6.64. The van der Waals surface area contributed by atoms with Gasteiger partial charge >= 0.3 is 10.1 Å². The van der Waals surface area contributed by atoms with Crippen molar-refractivity contribution in [2.75, 3.05) is 12.0 Å². The molecule has 2 aromatic rings. The third-order valence-electron chi connectivity index (χ3n) is 4.41. The van der Waals surface area contributed by atoms with Crippen LogP contribution < -0.4 is 13.8 Å². The van der Waals surface area contributed by atoms with Crippen LogP contribution in [0.25, 0.3) is 0 Å². The molecule has 2 aromatic carbocycles. The molecule has 0 spiro atoms. The molecule has 0 bridgehead atoms. The fourth-order valence-electron chi connectivity index (χ4n) is 3.25. The number of ether oxygens (including phenoxy) is 1. The first-order valence-electron chi connectivity index (χ1n) is 8.25. The van der Waals surface area contributed by atoms with Crippen LogP contribution in [0.5, 0.6) is 11.5 Å². The zero-order valence-electron chi connectivity index (χ0n) is 15.1. The normalized spacial score (nSPS) is 16.3. The van der Waals surface area contributed by atoms with Gasteiger partial charge in [-0.2, -0.15) is 8.42 Å². The van der Waals surface area contributed by atoms with E-state index in [9.17, 15) is 13.2 Å². The summed E-state index contributed by atoms with van der Waals surface area (Å²) in [7, 11) is -2.56. The number of benzene rings is 2. The molecule has 0 N–H and O–H groups in total. The minimum absolute atomic E-state index is 0.00133. The lowest BCUT2D eigenvalue weighted by atomic mass is 10.1. The molecule has 0 aromatic heterocycles. The van der Waals surface area contributed by atoms with Gasteiger partial charge in [-0.15, -0.1) is 0 Å². The molecule has 7 heteroatoms. The molecule has 1 atom stereocenters. The van der Waals surface area contributed by atoms with Crippen molar-refractivity contribution in [1.82, 2.24) is 0 Å². The van der Waals surface area contributed by atoms with Crippen LogP contribution >= 0.6 is 0 Å². The molecule has 0 saturated heterocycles. The second-order valence-electron chi connectivity index (χ2n) is 6.42. The van der Waals surface area contributed by atoms with E-state index >= 15 is 0 Å². The number of carbonyl (C=O) groups excluding carboxylic acids is 1. The van der Waals surface area contributed by atoms with E-state index in [0.29, 0.717) is 12.2 Å². The van der Waals surface area contributed by atoms with Crippen molar-refractivity contribution >= 4 is 21.7 Å². The second-order valence-corrected chi connectivity index (χ2v) is 7.97. The van der Waals surface area contributed by atoms with Gasteiger partial charge in [0.1, 0.15) is 4.90 Å². The largest absolute Gasteiger partial charge is 0.493 e. The molecule has 26 heavy (non-hydrogen) atoms. The molecular formula is C19H21NO5S. The van der Waals surface area contributed by atoms with Crippen LogP contribution in [-0.4, -0.2) is 27.5 Å². The Morgan fingerprint density at radius 3 is 2.54 bits per heavy atom. The zero-order chi connectivity index (χ0) is 19.1. The molecule has 0 aliphatic carbocycles. The Hall–Kier alpha value is -2.54. The van der Waals surface area contributed by atoms with Crippen molar-refractivity contribution in [3.8, 4) is 11.5 Å². The minimum atomic E-state index is -4.02. The SMILES string of the molecule is COc1cc(C)ccc1OS(=O)(=O)c1ccc2c(c1)CC(C)N2C(C)=O. The number of amides is 1. The van der Waals surface area contributed by atoms with E-state index in [2.05, 4.69) is 0 Å². The van der Waals surface area contributed by atoms with Crippen LogP contribution in [0.15, 0.2) is 41.3 Å². The summed E-state index contributed by atoms with van der Waals surface area (Å²) in [6, 6.07) is 9.72. The van der Waals surface area contributed by atoms with Gasteiger partial charge < -0.3 is 13.8 Å². The van der Waals surface area contributed by atoms with Crippen molar-refractivity contribution in [2.45, 2.75) is 38.1 Å². The number of nitrogens with zero attached hydrogens (tertiary/aromatic N) is 1. The number of hydrogen-bond donors (Lipinski definition) is 0. The van der Waals surface area contributed by atoms with Crippen molar-refractivity contribution in [3.05, 3.63) is 47.5 Å². The Morgan fingerprint density at radius 2 is 1.88 bits per heavy atom. The number of anilines is 1. The lowest BCUT2D eigenvalue weighted by Gasteiger charge is -2.20. The first-order valence-corrected chi connectivity index (χ1v) is 9.65. The Kier molecular flexibility index (Phi) is 4.66. The van der Waals surface area contributed by atoms with Crippen LogP contribution in [0.3, 0.4) is 0 Å². The maximum atomic E-state index is 12.7. The molecule has 6 nitrogen and oxygen atoms in total. The minimum Gasteiger partial charge on any atom is -0.493 e. The van der Waals surface area contributed by atoms with Gasteiger partial charge in [-0.25, -0.2) is 0 Å². The summed E-state index contributed by atoms with van der Waals surface area (Å²) >= 11 is 0. The topological polar surface area (TPSA) is 72.9 Å². The Morgan fingerprint density at radius 1 is 1.15 bits per heavy atom. The highest BCUT2D eigenvalue weighted by Crippen LogP contribution is 2.35. The molecule has 138 valence electrons. The van der Waals surface area contributed by atoms with Crippen LogP contribution in [0.2, 0.25) is 0 Å². The molecule has 1 aliphatic rings. The fraction of sp³-hybridized carbons (Fsp3) is 0.316. The van der Waals surface area contributed by atoms with E-state index in [1.165, 1.54) is 20.1 Å².